The van der Waals surface area contributed by atoms with Crippen LogP contribution in [0.3, 0.4) is 0 Å². The topological polar surface area (TPSA) is 40.9 Å². The minimum Gasteiger partial charge on any atom is -0.263 e. The van der Waals surface area contributed by atoms with Gasteiger partial charge in [0.1, 0.15) is 0 Å². The second kappa shape index (κ2) is 6.20. The van der Waals surface area contributed by atoms with Crippen LogP contribution in [0.5, 0.6) is 0 Å². The molecule has 1 aromatic heterocycles. The molecule has 0 radical (unpaired) electrons. The predicted octanol–water partition coefficient (Wildman–Crippen LogP) is 3.74. The Morgan fingerprint density at radius 1 is 1.13 bits per heavy atom. The third-order valence-electron chi connectivity index (χ3n) is 3.29. The van der Waals surface area contributed by atoms with Gasteiger partial charge in [-0.05, 0) is 30.3 Å². The quantitative estimate of drug-likeness (QED) is 0.791. The van der Waals surface area contributed by atoms with Gasteiger partial charge in [-0.2, -0.15) is 18.3 Å². The van der Waals surface area contributed by atoms with E-state index in [0.717, 1.165) is 12.1 Å². The molecule has 0 fully saturated rings. The number of alkyl halides is 3. The van der Waals surface area contributed by atoms with Crippen molar-refractivity contribution in [2.45, 2.75) is 12.6 Å². The number of hydrogen-bond acceptors (Lipinski definition) is 4. The van der Waals surface area contributed by atoms with Gasteiger partial charge in [0.2, 0.25) is 0 Å². The van der Waals surface area contributed by atoms with Gasteiger partial charge in [0.25, 0.3) is 0 Å². The monoisotopic (exact) mass is 318 g/mol. The third-order valence-corrected chi connectivity index (χ3v) is 3.29. The van der Waals surface area contributed by atoms with E-state index < -0.39 is 11.7 Å². The summed E-state index contributed by atoms with van der Waals surface area (Å²) in [6, 6.07) is 10.6. The zero-order valence-electron chi connectivity index (χ0n) is 12.0. The lowest BCUT2D eigenvalue weighted by molar-refractivity contribution is -0.137. The van der Waals surface area contributed by atoms with Crippen LogP contribution in [0.2, 0.25) is 0 Å². The van der Waals surface area contributed by atoms with Crippen molar-refractivity contribution in [3.63, 3.8) is 0 Å². The van der Waals surface area contributed by atoms with Crippen LogP contribution in [0.25, 0.3) is 0 Å². The predicted molar refractivity (Wildman–Crippen MR) is 82.7 cm³/mol. The number of benzene rings is 1. The average molecular weight is 318 g/mol. The van der Waals surface area contributed by atoms with Crippen LogP contribution in [0.4, 0.5) is 18.9 Å². The first-order valence-corrected chi connectivity index (χ1v) is 7.00. The molecule has 2 aromatic rings. The number of hydrazone groups is 1. The summed E-state index contributed by atoms with van der Waals surface area (Å²) in [7, 11) is 0. The Bertz CT molecular complexity index is 738. The molecule has 3 rings (SSSR count). The first kappa shape index (κ1) is 15.2. The lowest BCUT2D eigenvalue weighted by atomic mass is 10.2. The molecular weight excluding hydrogens is 305 g/mol. The van der Waals surface area contributed by atoms with Gasteiger partial charge >= 0.3 is 6.18 Å². The van der Waals surface area contributed by atoms with Crippen LogP contribution in [0.1, 0.15) is 17.7 Å². The number of pyridine rings is 1. The zero-order valence-corrected chi connectivity index (χ0v) is 12.0. The summed E-state index contributed by atoms with van der Waals surface area (Å²) in [5, 5.41) is 5.78. The maximum absolute atomic E-state index is 12.8. The molecule has 0 aliphatic carbocycles. The largest absolute Gasteiger partial charge is 0.416 e. The number of nitrogens with zero attached hydrogens (tertiary/aromatic N) is 4. The van der Waals surface area contributed by atoms with Crippen molar-refractivity contribution in [2.75, 3.05) is 11.6 Å². The second-order valence-corrected chi connectivity index (χ2v) is 4.95. The zero-order chi connectivity index (χ0) is 16.3. The molecule has 7 heteroatoms. The molecule has 0 saturated heterocycles. The standard InChI is InChI=1S/C16H13F3N4/c17-16(18,19)12-4-3-6-14(10-12)23-9-7-15(22-23)21-11-13-5-1-2-8-20-13/h1-6,8,10-11H,7,9H2. The number of anilines is 1. The molecule has 0 amide bonds. The van der Waals surface area contributed by atoms with E-state index in [2.05, 4.69) is 15.1 Å². The van der Waals surface area contributed by atoms with E-state index in [-0.39, 0.29) is 0 Å². The number of amidine groups is 1. The van der Waals surface area contributed by atoms with Crippen LogP contribution in [0.15, 0.2) is 58.8 Å². The molecule has 0 spiro atoms. The first-order valence-electron chi connectivity index (χ1n) is 7.00. The number of rotatable bonds is 2. The fraction of sp³-hybridized carbons (Fsp3) is 0.188. The van der Waals surface area contributed by atoms with Gasteiger partial charge in [0.05, 0.1) is 23.2 Å². The minimum atomic E-state index is -4.36. The van der Waals surface area contributed by atoms with Gasteiger partial charge in [-0.25, -0.2) is 4.99 Å². The molecule has 1 aliphatic rings. The van der Waals surface area contributed by atoms with E-state index in [0.29, 0.717) is 30.2 Å². The lowest BCUT2D eigenvalue weighted by Crippen LogP contribution is -2.13. The van der Waals surface area contributed by atoms with Crippen LogP contribution in [-0.4, -0.2) is 23.6 Å². The smallest absolute Gasteiger partial charge is 0.263 e. The van der Waals surface area contributed by atoms with E-state index in [1.165, 1.54) is 11.1 Å². The Kier molecular flexibility index (Phi) is 4.10. The van der Waals surface area contributed by atoms with E-state index in [1.54, 1.807) is 24.5 Å². The van der Waals surface area contributed by atoms with Crippen LogP contribution < -0.4 is 5.01 Å². The highest BCUT2D eigenvalue weighted by molar-refractivity contribution is 5.95. The van der Waals surface area contributed by atoms with Crippen LogP contribution in [0, 0.1) is 0 Å². The summed E-state index contributed by atoms with van der Waals surface area (Å²) >= 11 is 0. The van der Waals surface area contributed by atoms with Gasteiger partial charge in [-0.1, -0.05) is 12.1 Å². The summed E-state index contributed by atoms with van der Waals surface area (Å²) in [6.07, 6.45) is -0.541. The second-order valence-electron chi connectivity index (χ2n) is 4.95. The maximum Gasteiger partial charge on any atom is 0.416 e. The summed E-state index contributed by atoms with van der Waals surface area (Å²) in [5.41, 5.74) is 0.422. The fourth-order valence-electron chi connectivity index (χ4n) is 2.16. The van der Waals surface area contributed by atoms with Gasteiger partial charge in [0.15, 0.2) is 5.84 Å². The van der Waals surface area contributed by atoms with Crippen molar-refractivity contribution >= 4 is 17.7 Å². The summed E-state index contributed by atoms with van der Waals surface area (Å²) < 4.78 is 38.3. The normalized spacial score (nSPS) is 15.3. The molecule has 0 atom stereocenters. The van der Waals surface area contributed by atoms with Crippen molar-refractivity contribution in [2.24, 2.45) is 10.1 Å². The Labute approximate surface area is 131 Å². The van der Waals surface area contributed by atoms with Crippen molar-refractivity contribution < 1.29 is 13.2 Å². The molecular formula is C16H13F3N4. The third kappa shape index (κ3) is 3.74. The highest BCUT2D eigenvalue weighted by Crippen LogP contribution is 2.32. The van der Waals surface area contributed by atoms with E-state index in [1.807, 2.05) is 12.1 Å². The SMILES string of the molecule is FC(F)(F)c1cccc(N2CCC(N=Cc3ccccn3)=N2)c1. The van der Waals surface area contributed by atoms with Gasteiger partial charge in [-0.15, -0.1) is 0 Å². The van der Waals surface area contributed by atoms with Crippen molar-refractivity contribution in [3.8, 4) is 0 Å². The first-order chi connectivity index (χ1) is 11.0. The molecule has 2 heterocycles. The average Bonchev–Trinajstić information content (AvgIpc) is 3.02. The Balaban J connectivity index is 1.76. The highest BCUT2D eigenvalue weighted by Gasteiger charge is 2.31. The Morgan fingerprint density at radius 3 is 2.74 bits per heavy atom. The molecule has 118 valence electrons. The lowest BCUT2D eigenvalue weighted by Gasteiger charge is -2.15. The number of aromatic nitrogens is 1. The van der Waals surface area contributed by atoms with E-state index >= 15 is 0 Å². The summed E-state index contributed by atoms with van der Waals surface area (Å²) in [4.78, 5) is 8.35. The molecule has 0 unspecified atom stereocenters. The summed E-state index contributed by atoms with van der Waals surface area (Å²) in [5.74, 6) is 0.563. The number of halogens is 3. The highest BCUT2D eigenvalue weighted by atomic mass is 19.4. The van der Waals surface area contributed by atoms with E-state index in [4.69, 9.17) is 0 Å². The molecule has 0 N–H and O–H groups in total. The van der Waals surface area contributed by atoms with E-state index in [9.17, 15) is 13.2 Å². The molecule has 0 saturated carbocycles. The Morgan fingerprint density at radius 2 is 2.00 bits per heavy atom. The van der Waals surface area contributed by atoms with Crippen molar-refractivity contribution in [1.82, 2.24) is 4.98 Å². The van der Waals surface area contributed by atoms with Crippen molar-refractivity contribution in [1.29, 1.82) is 0 Å². The maximum atomic E-state index is 12.8. The molecule has 1 aromatic carbocycles. The van der Waals surface area contributed by atoms with Crippen molar-refractivity contribution in [3.05, 3.63) is 59.9 Å². The Hall–Kier alpha value is -2.70. The molecule has 23 heavy (non-hydrogen) atoms. The molecule has 1 aliphatic heterocycles. The molecule has 0 bridgehead atoms. The summed E-state index contributed by atoms with van der Waals surface area (Å²) in [6.45, 7) is 0.496. The fourth-order valence-corrected chi connectivity index (χ4v) is 2.16. The number of aliphatic imine (C=N–C) groups is 1. The van der Waals surface area contributed by atoms with Crippen LogP contribution >= 0.6 is 0 Å². The van der Waals surface area contributed by atoms with Gasteiger partial charge < -0.3 is 0 Å². The van der Waals surface area contributed by atoms with Gasteiger partial charge in [-0.3, -0.25) is 9.99 Å². The number of hydrogen-bond donors (Lipinski definition) is 0. The minimum absolute atomic E-state index is 0.405. The van der Waals surface area contributed by atoms with Gasteiger partial charge in [0, 0.05) is 19.2 Å². The van der Waals surface area contributed by atoms with Crippen LogP contribution in [-0.2, 0) is 6.18 Å². The molecule has 4 nitrogen and oxygen atoms in total.